The van der Waals surface area contributed by atoms with Crippen LogP contribution >= 0.6 is 0 Å². The summed E-state index contributed by atoms with van der Waals surface area (Å²) in [6.45, 7) is 0.548. The number of hydrogen-bond donors (Lipinski definition) is 1. The number of amides is 1. The second-order valence-corrected chi connectivity index (χ2v) is 8.44. The summed E-state index contributed by atoms with van der Waals surface area (Å²) in [5.74, 6) is 0.382. The van der Waals surface area contributed by atoms with Crippen molar-refractivity contribution in [1.29, 1.82) is 0 Å². The highest BCUT2D eigenvalue weighted by molar-refractivity contribution is 7.89. The largest absolute Gasteiger partial charge is 0.341 e. The zero-order valence-electron chi connectivity index (χ0n) is 14.9. The number of benzene rings is 2. The summed E-state index contributed by atoms with van der Waals surface area (Å²) in [6.07, 6.45) is 4.27. The molecule has 0 bridgehead atoms. The zero-order chi connectivity index (χ0) is 18.7. The van der Waals surface area contributed by atoms with Crippen LogP contribution < -0.4 is 5.14 Å². The van der Waals surface area contributed by atoms with Gasteiger partial charge in [-0.15, -0.1) is 0 Å². The van der Waals surface area contributed by atoms with Crippen LogP contribution in [0.4, 0.5) is 0 Å². The molecule has 1 aliphatic carbocycles. The Hall–Kier alpha value is -2.18. The van der Waals surface area contributed by atoms with Gasteiger partial charge in [-0.1, -0.05) is 55.3 Å². The van der Waals surface area contributed by atoms with E-state index >= 15 is 0 Å². The lowest BCUT2D eigenvalue weighted by atomic mass is 10.0. The molecular weight excluding hydrogens is 348 g/mol. The number of hydrogen-bond acceptors (Lipinski definition) is 3. The summed E-state index contributed by atoms with van der Waals surface area (Å²) in [5.41, 5.74) is 2.37. The van der Waals surface area contributed by atoms with E-state index in [4.69, 9.17) is 5.14 Å². The highest BCUT2D eigenvalue weighted by atomic mass is 32.2. The first-order valence-corrected chi connectivity index (χ1v) is 10.4. The third-order valence-corrected chi connectivity index (χ3v) is 5.93. The predicted octanol–water partition coefficient (Wildman–Crippen LogP) is 3.15. The van der Waals surface area contributed by atoms with Gasteiger partial charge in [-0.25, -0.2) is 13.6 Å². The summed E-state index contributed by atoms with van der Waals surface area (Å²) >= 11 is 0. The second-order valence-electron chi connectivity index (χ2n) is 6.91. The van der Waals surface area contributed by atoms with Crippen LogP contribution in [0.15, 0.2) is 53.4 Å². The Kier molecular flexibility index (Phi) is 5.44. The van der Waals surface area contributed by atoms with Gasteiger partial charge in [0.2, 0.25) is 15.9 Å². The molecule has 2 aromatic carbocycles. The molecule has 0 atom stereocenters. The van der Waals surface area contributed by atoms with E-state index in [0.717, 1.165) is 36.8 Å². The summed E-state index contributed by atoms with van der Waals surface area (Å²) < 4.78 is 23.5. The van der Waals surface area contributed by atoms with E-state index in [0.29, 0.717) is 12.1 Å². The first-order chi connectivity index (χ1) is 12.4. The van der Waals surface area contributed by atoms with Gasteiger partial charge in [-0.2, -0.15) is 0 Å². The Morgan fingerprint density at radius 2 is 1.69 bits per heavy atom. The van der Waals surface area contributed by atoms with E-state index < -0.39 is 10.0 Å². The Balaban J connectivity index is 1.76. The van der Waals surface area contributed by atoms with E-state index in [-0.39, 0.29) is 16.7 Å². The smallest absolute Gasteiger partial charge is 0.238 e. The molecule has 0 spiro atoms. The van der Waals surface area contributed by atoms with Gasteiger partial charge in [0, 0.05) is 25.1 Å². The van der Waals surface area contributed by atoms with Crippen molar-refractivity contribution in [3.8, 4) is 11.1 Å². The predicted molar refractivity (Wildman–Crippen MR) is 102 cm³/mol. The minimum atomic E-state index is -3.78. The highest BCUT2D eigenvalue weighted by Gasteiger charge is 2.25. The summed E-state index contributed by atoms with van der Waals surface area (Å²) in [5, 5.41) is 5.31. The minimum absolute atomic E-state index is 0.112. The average Bonchev–Trinajstić information content (AvgIpc) is 3.15. The molecule has 26 heavy (non-hydrogen) atoms. The fraction of sp³-hybridized carbons (Fsp3) is 0.350. The number of nitrogens with zero attached hydrogens (tertiary/aromatic N) is 1. The molecule has 0 unspecified atom stereocenters. The summed E-state index contributed by atoms with van der Waals surface area (Å²) in [4.78, 5) is 14.3. The molecule has 2 aromatic rings. The number of nitrogens with two attached hydrogens (primary N) is 1. The summed E-state index contributed by atoms with van der Waals surface area (Å²) in [7, 11) is -1.95. The van der Waals surface area contributed by atoms with Crippen molar-refractivity contribution in [2.75, 3.05) is 7.05 Å². The molecule has 1 aliphatic rings. The maximum Gasteiger partial charge on any atom is 0.238 e. The number of carbonyl (C=O) groups excluding carboxylic acids is 1. The van der Waals surface area contributed by atoms with Crippen LogP contribution in [0.5, 0.6) is 0 Å². The van der Waals surface area contributed by atoms with Crippen molar-refractivity contribution in [2.45, 2.75) is 37.1 Å². The molecular formula is C20H24N2O3S. The van der Waals surface area contributed by atoms with Crippen LogP contribution in [-0.2, 0) is 21.4 Å². The standard InChI is InChI=1S/C20H24N2O3S/c1-22(20(23)17-6-2-3-7-17)14-15-10-12-16(13-11-15)18-8-4-5-9-19(18)26(21,24)25/h4-5,8-13,17H,2-3,6-7,14H2,1H3,(H2,21,24,25). The van der Waals surface area contributed by atoms with Crippen LogP contribution in [0.1, 0.15) is 31.2 Å². The van der Waals surface area contributed by atoms with Crippen molar-refractivity contribution in [1.82, 2.24) is 4.90 Å². The van der Waals surface area contributed by atoms with Gasteiger partial charge in [0.15, 0.2) is 0 Å². The lowest BCUT2D eigenvalue weighted by molar-refractivity contribution is -0.134. The van der Waals surface area contributed by atoms with Gasteiger partial charge in [0.05, 0.1) is 4.90 Å². The van der Waals surface area contributed by atoms with Gasteiger partial charge in [0.25, 0.3) is 0 Å². The fourth-order valence-corrected chi connectivity index (χ4v) is 4.34. The number of carbonyl (C=O) groups is 1. The van der Waals surface area contributed by atoms with E-state index in [9.17, 15) is 13.2 Å². The van der Waals surface area contributed by atoms with Crippen molar-refractivity contribution in [2.24, 2.45) is 11.1 Å². The lowest BCUT2D eigenvalue weighted by Gasteiger charge is -2.21. The molecule has 0 saturated heterocycles. The van der Waals surface area contributed by atoms with E-state index in [2.05, 4.69) is 0 Å². The van der Waals surface area contributed by atoms with Crippen LogP contribution in [-0.4, -0.2) is 26.3 Å². The molecule has 2 N–H and O–H groups in total. The van der Waals surface area contributed by atoms with Gasteiger partial charge >= 0.3 is 0 Å². The SMILES string of the molecule is CN(Cc1ccc(-c2ccccc2S(N)(=O)=O)cc1)C(=O)C1CCCC1. The monoisotopic (exact) mass is 372 g/mol. The Labute approximate surface area is 154 Å². The maximum absolute atomic E-state index is 12.4. The number of rotatable bonds is 5. The van der Waals surface area contributed by atoms with Crippen LogP contribution in [0.2, 0.25) is 0 Å². The molecule has 1 amide bonds. The molecule has 6 heteroatoms. The lowest BCUT2D eigenvalue weighted by Crippen LogP contribution is -2.31. The number of sulfonamides is 1. The Morgan fingerprint density at radius 1 is 1.08 bits per heavy atom. The quantitative estimate of drug-likeness (QED) is 0.875. The number of primary sulfonamides is 1. The molecule has 1 fully saturated rings. The van der Waals surface area contributed by atoms with Crippen molar-refractivity contribution in [3.05, 3.63) is 54.1 Å². The molecule has 0 heterocycles. The van der Waals surface area contributed by atoms with E-state index in [1.165, 1.54) is 6.07 Å². The zero-order valence-corrected chi connectivity index (χ0v) is 15.7. The van der Waals surface area contributed by atoms with Crippen molar-refractivity contribution < 1.29 is 13.2 Å². The van der Waals surface area contributed by atoms with E-state index in [1.54, 1.807) is 23.1 Å². The third-order valence-electron chi connectivity index (χ3n) is 4.96. The van der Waals surface area contributed by atoms with Gasteiger partial charge in [-0.3, -0.25) is 4.79 Å². The van der Waals surface area contributed by atoms with Crippen molar-refractivity contribution in [3.63, 3.8) is 0 Å². The molecule has 1 saturated carbocycles. The van der Waals surface area contributed by atoms with Crippen LogP contribution in [0.3, 0.4) is 0 Å². The maximum atomic E-state index is 12.4. The van der Waals surface area contributed by atoms with E-state index in [1.807, 2.05) is 31.3 Å². The normalized spacial score (nSPS) is 15.2. The average molecular weight is 372 g/mol. The second kappa shape index (κ2) is 7.60. The third kappa shape index (κ3) is 4.14. The molecule has 3 rings (SSSR count). The Bertz CT molecular complexity index is 886. The molecule has 0 radical (unpaired) electrons. The Morgan fingerprint density at radius 3 is 2.31 bits per heavy atom. The van der Waals surface area contributed by atoms with Crippen molar-refractivity contribution >= 4 is 15.9 Å². The van der Waals surface area contributed by atoms with Crippen LogP contribution in [0, 0.1) is 5.92 Å². The van der Waals surface area contributed by atoms with Gasteiger partial charge < -0.3 is 4.90 Å². The highest BCUT2D eigenvalue weighted by Crippen LogP contribution is 2.28. The molecule has 0 aromatic heterocycles. The van der Waals surface area contributed by atoms with Crippen LogP contribution in [0.25, 0.3) is 11.1 Å². The fourth-order valence-electron chi connectivity index (χ4n) is 3.58. The summed E-state index contributed by atoms with van der Waals surface area (Å²) in [6, 6.07) is 14.3. The van der Waals surface area contributed by atoms with Gasteiger partial charge in [0.1, 0.15) is 0 Å². The topological polar surface area (TPSA) is 80.5 Å². The first-order valence-electron chi connectivity index (χ1n) is 8.82. The minimum Gasteiger partial charge on any atom is -0.341 e. The van der Waals surface area contributed by atoms with Gasteiger partial charge in [-0.05, 0) is 30.0 Å². The molecule has 138 valence electrons. The molecule has 5 nitrogen and oxygen atoms in total. The first kappa shape index (κ1) is 18.6. The molecule has 0 aliphatic heterocycles.